The number of aromatic nitrogens is 2. The predicted octanol–water partition coefficient (Wildman–Crippen LogP) is 1.69. The molecule has 7 heteroatoms. The SMILES string of the molecule is Cn1ccnc1C1(O)CC2CCC(C1)N2CC(=O)NCc1ccc(F)cc1. The van der Waals surface area contributed by atoms with Crippen molar-refractivity contribution >= 4 is 5.91 Å². The number of benzene rings is 1. The van der Waals surface area contributed by atoms with Gasteiger partial charge in [0.2, 0.25) is 5.91 Å². The van der Waals surface area contributed by atoms with Gasteiger partial charge in [0.05, 0.1) is 6.54 Å². The lowest BCUT2D eigenvalue weighted by atomic mass is 9.85. The Balaban J connectivity index is 1.36. The fourth-order valence-electron chi connectivity index (χ4n) is 4.60. The van der Waals surface area contributed by atoms with Crippen LogP contribution in [0.4, 0.5) is 4.39 Å². The second-order valence-corrected chi connectivity index (χ2v) is 7.76. The van der Waals surface area contributed by atoms with E-state index in [-0.39, 0.29) is 23.8 Å². The van der Waals surface area contributed by atoms with Gasteiger partial charge in [-0.1, -0.05) is 12.1 Å². The van der Waals surface area contributed by atoms with Crippen molar-refractivity contribution in [1.82, 2.24) is 19.8 Å². The van der Waals surface area contributed by atoms with Crippen LogP contribution in [0.3, 0.4) is 0 Å². The van der Waals surface area contributed by atoms with Gasteiger partial charge in [0.15, 0.2) is 0 Å². The third kappa shape index (κ3) is 3.61. The molecule has 2 unspecified atom stereocenters. The maximum absolute atomic E-state index is 13.0. The molecule has 6 nitrogen and oxygen atoms in total. The first-order valence-electron chi connectivity index (χ1n) is 9.42. The van der Waals surface area contributed by atoms with E-state index in [1.165, 1.54) is 12.1 Å². The van der Waals surface area contributed by atoms with E-state index in [1.54, 1.807) is 18.3 Å². The van der Waals surface area contributed by atoms with E-state index in [0.717, 1.165) is 18.4 Å². The zero-order valence-electron chi connectivity index (χ0n) is 15.4. The van der Waals surface area contributed by atoms with Gasteiger partial charge < -0.3 is 15.0 Å². The summed E-state index contributed by atoms with van der Waals surface area (Å²) in [6, 6.07) is 6.50. The monoisotopic (exact) mass is 372 g/mol. The number of nitrogens with zero attached hydrogens (tertiary/aromatic N) is 3. The summed E-state index contributed by atoms with van der Waals surface area (Å²) in [5, 5.41) is 14.1. The summed E-state index contributed by atoms with van der Waals surface area (Å²) in [5.74, 6) is 0.383. The molecule has 2 bridgehead atoms. The molecule has 0 radical (unpaired) electrons. The van der Waals surface area contributed by atoms with Crippen LogP contribution in [0.2, 0.25) is 0 Å². The van der Waals surface area contributed by atoms with E-state index in [2.05, 4.69) is 15.2 Å². The molecule has 0 aliphatic carbocycles. The minimum atomic E-state index is -0.925. The Kier molecular flexibility index (Phi) is 4.74. The number of imidazole rings is 1. The summed E-state index contributed by atoms with van der Waals surface area (Å²) in [6.45, 7) is 0.715. The number of carbonyl (C=O) groups is 1. The maximum atomic E-state index is 13.0. The van der Waals surface area contributed by atoms with E-state index in [4.69, 9.17) is 0 Å². The highest BCUT2D eigenvalue weighted by atomic mass is 19.1. The highest BCUT2D eigenvalue weighted by Gasteiger charge is 2.50. The van der Waals surface area contributed by atoms with Gasteiger partial charge in [-0.2, -0.15) is 0 Å². The number of aryl methyl sites for hydroxylation is 1. The van der Waals surface area contributed by atoms with Crippen LogP contribution in [0.15, 0.2) is 36.7 Å². The first-order chi connectivity index (χ1) is 12.9. The lowest BCUT2D eigenvalue weighted by Gasteiger charge is -2.43. The van der Waals surface area contributed by atoms with Crippen molar-refractivity contribution in [2.45, 2.75) is 49.9 Å². The van der Waals surface area contributed by atoms with E-state index < -0.39 is 5.60 Å². The predicted molar refractivity (Wildman–Crippen MR) is 98.1 cm³/mol. The standard InChI is InChI=1S/C20H25FN4O2/c1-24-9-8-22-19(24)20(27)10-16-6-7-17(11-20)25(16)13-18(26)23-12-14-2-4-15(21)5-3-14/h2-5,8-9,16-17,27H,6-7,10-13H2,1H3,(H,23,26). The molecule has 1 amide bonds. The molecule has 1 aromatic carbocycles. The van der Waals surface area contributed by atoms with Crippen molar-refractivity contribution in [3.8, 4) is 0 Å². The molecule has 144 valence electrons. The van der Waals surface area contributed by atoms with Crippen LogP contribution < -0.4 is 5.32 Å². The van der Waals surface area contributed by atoms with Gasteiger partial charge in [-0.25, -0.2) is 9.37 Å². The Bertz CT molecular complexity index is 806. The van der Waals surface area contributed by atoms with E-state index in [9.17, 15) is 14.3 Å². The molecule has 4 rings (SSSR count). The van der Waals surface area contributed by atoms with Crippen LogP contribution in [-0.2, 0) is 24.0 Å². The zero-order chi connectivity index (χ0) is 19.0. The van der Waals surface area contributed by atoms with Crippen molar-refractivity contribution in [2.24, 2.45) is 7.05 Å². The Morgan fingerprint density at radius 3 is 2.56 bits per heavy atom. The number of halogens is 1. The Morgan fingerprint density at radius 1 is 1.30 bits per heavy atom. The first-order valence-corrected chi connectivity index (χ1v) is 9.42. The van der Waals surface area contributed by atoms with E-state index in [0.29, 0.717) is 31.8 Å². The van der Waals surface area contributed by atoms with E-state index >= 15 is 0 Å². The lowest BCUT2D eigenvalue weighted by Crippen LogP contribution is -2.53. The van der Waals surface area contributed by atoms with Gasteiger partial charge in [0.1, 0.15) is 17.2 Å². The Morgan fingerprint density at radius 2 is 1.96 bits per heavy atom. The largest absolute Gasteiger partial charge is 0.382 e. The van der Waals surface area contributed by atoms with Gasteiger partial charge in [0, 0.05) is 38.1 Å². The van der Waals surface area contributed by atoms with Crippen molar-refractivity contribution in [3.63, 3.8) is 0 Å². The van der Waals surface area contributed by atoms with Crippen LogP contribution in [0, 0.1) is 5.82 Å². The highest BCUT2D eigenvalue weighted by molar-refractivity contribution is 5.78. The zero-order valence-corrected chi connectivity index (χ0v) is 15.4. The molecule has 2 atom stereocenters. The summed E-state index contributed by atoms with van der Waals surface area (Å²) in [6.07, 6.45) is 6.74. The Hall–Kier alpha value is -2.25. The number of aliphatic hydroxyl groups is 1. The molecule has 2 aromatic rings. The molecule has 2 N–H and O–H groups in total. The van der Waals surface area contributed by atoms with Crippen LogP contribution in [-0.4, -0.2) is 44.1 Å². The van der Waals surface area contributed by atoms with Gasteiger partial charge in [0.25, 0.3) is 0 Å². The molecule has 0 spiro atoms. The fraction of sp³-hybridized carbons (Fsp3) is 0.500. The van der Waals surface area contributed by atoms with Crippen molar-refractivity contribution in [3.05, 3.63) is 53.9 Å². The smallest absolute Gasteiger partial charge is 0.234 e. The third-order valence-corrected chi connectivity index (χ3v) is 5.88. The number of nitrogens with one attached hydrogen (secondary N) is 1. The number of fused-ring (bicyclic) bond motifs is 2. The minimum Gasteiger partial charge on any atom is -0.382 e. The van der Waals surface area contributed by atoms with Crippen molar-refractivity contribution in [2.75, 3.05) is 6.54 Å². The summed E-state index contributed by atoms with van der Waals surface area (Å²) in [7, 11) is 1.90. The molecule has 0 saturated carbocycles. The normalized spacial score (nSPS) is 27.7. The summed E-state index contributed by atoms with van der Waals surface area (Å²) < 4.78 is 14.8. The van der Waals surface area contributed by atoms with Gasteiger partial charge in [-0.05, 0) is 43.4 Å². The quantitative estimate of drug-likeness (QED) is 0.838. The van der Waals surface area contributed by atoms with Gasteiger partial charge in [-0.3, -0.25) is 9.69 Å². The van der Waals surface area contributed by atoms with Crippen molar-refractivity contribution in [1.29, 1.82) is 0 Å². The lowest BCUT2D eigenvalue weighted by molar-refractivity contribution is -0.126. The number of piperidine rings is 1. The van der Waals surface area contributed by atoms with Crippen LogP contribution in [0.1, 0.15) is 37.1 Å². The molecule has 2 aliphatic rings. The summed E-state index contributed by atoms with van der Waals surface area (Å²) in [4.78, 5) is 19.0. The molecule has 2 saturated heterocycles. The second kappa shape index (κ2) is 7.05. The van der Waals surface area contributed by atoms with Gasteiger partial charge in [-0.15, -0.1) is 0 Å². The first kappa shape index (κ1) is 18.1. The van der Waals surface area contributed by atoms with Crippen LogP contribution in [0.5, 0.6) is 0 Å². The fourth-order valence-corrected chi connectivity index (χ4v) is 4.60. The second-order valence-electron chi connectivity index (χ2n) is 7.76. The molecule has 3 heterocycles. The summed E-state index contributed by atoms with van der Waals surface area (Å²) in [5.41, 5.74) is -0.0546. The molecule has 2 fully saturated rings. The minimum absolute atomic E-state index is 0.0429. The highest BCUT2D eigenvalue weighted by Crippen LogP contribution is 2.44. The van der Waals surface area contributed by atoms with Crippen LogP contribution in [0.25, 0.3) is 0 Å². The number of hydrogen-bond donors (Lipinski definition) is 2. The number of rotatable bonds is 5. The molecular weight excluding hydrogens is 347 g/mol. The number of amides is 1. The average Bonchev–Trinajstić information content (AvgIpc) is 3.17. The van der Waals surface area contributed by atoms with Crippen molar-refractivity contribution < 1.29 is 14.3 Å². The van der Waals surface area contributed by atoms with Gasteiger partial charge >= 0.3 is 0 Å². The molecule has 2 aliphatic heterocycles. The number of hydrogen-bond acceptors (Lipinski definition) is 4. The third-order valence-electron chi connectivity index (χ3n) is 5.88. The van der Waals surface area contributed by atoms with Crippen LogP contribution >= 0.6 is 0 Å². The topological polar surface area (TPSA) is 70.4 Å². The molecular formula is C20H25FN4O2. The molecule has 1 aromatic heterocycles. The Labute approximate surface area is 158 Å². The van der Waals surface area contributed by atoms with E-state index in [1.807, 2.05) is 17.8 Å². The average molecular weight is 372 g/mol. The summed E-state index contributed by atoms with van der Waals surface area (Å²) >= 11 is 0. The number of carbonyl (C=O) groups excluding carboxylic acids is 1. The molecule has 27 heavy (non-hydrogen) atoms. The maximum Gasteiger partial charge on any atom is 0.234 e.